The predicted octanol–water partition coefficient (Wildman–Crippen LogP) is 0.204. The van der Waals surface area contributed by atoms with Crippen LogP contribution in [0.4, 0.5) is 0 Å². The SMILES string of the molecule is C[C@H]1CCCN(CC(N)=O)C1. The summed E-state index contributed by atoms with van der Waals surface area (Å²) in [6.45, 7) is 4.72. The van der Waals surface area contributed by atoms with Crippen LogP contribution in [0.2, 0.25) is 0 Å². The Labute approximate surface area is 67.5 Å². The molecule has 0 radical (unpaired) electrons. The van der Waals surface area contributed by atoms with Gasteiger partial charge in [-0.3, -0.25) is 9.69 Å². The van der Waals surface area contributed by atoms with Crippen LogP contribution in [0.15, 0.2) is 0 Å². The molecule has 0 aliphatic carbocycles. The largest absolute Gasteiger partial charge is 0.369 e. The minimum atomic E-state index is -0.209. The van der Waals surface area contributed by atoms with Crippen molar-refractivity contribution < 1.29 is 4.79 Å². The lowest BCUT2D eigenvalue weighted by Crippen LogP contribution is -2.40. The maximum absolute atomic E-state index is 10.6. The number of likely N-dealkylation sites (tertiary alicyclic amines) is 1. The lowest BCUT2D eigenvalue weighted by molar-refractivity contribution is -0.119. The van der Waals surface area contributed by atoms with E-state index in [-0.39, 0.29) is 5.91 Å². The molecule has 1 atom stereocenters. The Kier molecular flexibility index (Phi) is 2.88. The van der Waals surface area contributed by atoms with Crippen molar-refractivity contribution in [2.45, 2.75) is 19.8 Å². The second kappa shape index (κ2) is 3.72. The Morgan fingerprint density at radius 2 is 2.45 bits per heavy atom. The predicted molar refractivity (Wildman–Crippen MR) is 44.0 cm³/mol. The van der Waals surface area contributed by atoms with Crippen LogP contribution in [0.3, 0.4) is 0 Å². The zero-order chi connectivity index (χ0) is 8.27. The number of primary amides is 1. The van der Waals surface area contributed by atoms with Crippen LogP contribution in [-0.2, 0) is 4.79 Å². The number of nitrogens with two attached hydrogens (primary N) is 1. The van der Waals surface area contributed by atoms with Gasteiger partial charge in [-0.15, -0.1) is 0 Å². The molecule has 1 saturated heterocycles. The molecule has 11 heavy (non-hydrogen) atoms. The van der Waals surface area contributed by atoms with E-state index in [1.807, 2.05) is 0 Å². The maximum Gasteiger partial charge on any atom is 0.231 e. The van der Waals surface area contributed by atoms with Gasteiger partial charge in [0.1, 0.15) is 0 Å². The van der Waals surface area contributed by atoms with Crippen LogP contribution in [0.25, 0.3) is 0 Å². The van der Waals surface area contributed by atoms with Gasteiger partial charge < -0.3 is 5.73 Å². The van der Waals surface area contributed by atoms with E-state index in [0.717, 1.165) is 19.0 Å². The first-order valence-corrected chi connectivity index (χ1v) is 4.19. The van der Waals surface area contributed by atoms with Gasteiger partial charge in [-0.05, 0) is 25.3 Å². The highest BCUT2D eigenvalue weighted by molar-refractivity contribution is 5.75. The Morgan fingerprint density at radius 1 is 1.73 bits per heavy atom. The second-order valence-corrected chi connectivity index (χ2v) is 3.45. The Morgan fingerprint density at radius 3 is 3.00 bits per heavy atom. The average molecular weight is 156 g/mol. The summed E-state index contributed by atoms with van der Waals surface area (Å²) in [7, 11) is 0. The summed E-state index contributed by atoms with van der Waals surface area (Å²) >= 11 is 0. The van der Waals surface area contributed by atoms with Crippen molar-refractivity contribution >= 4 is 5.91 Å². The summed E-state index contributed by atoms with van der Waals surface area (Å²) in [4.78, 5) is 12.7. The third-order valence-corrected chi connectivity index (χ3v) is 2.12. The Bertz CT molecular complexity index is 147. The molecule has 2 N–H and O–H groups in total. The second-order valence-electron chi connectivity index (χ2n) is 3.45. The third-order valence-electron chi connectivity index (χ3n) is 2.12. The minimum absolute atomic E-state index is 0.209. The van der Waals surface area contributed by atoms with Gasteiger partial charge in [-0.1, -0.05) is 6.92 Å². The fraction of sp³-hybridized carbons (Fsp3) is 0.875. The molecule has 1 amide bonds. The molecule has 0 aromatic rings. The number of carbonyl (C=O) groups excluding carboxylic acids is 1. The molecule has 1 aliphatic heterocycles. The zero-order valence-electron chi connectivity index (χ0n) is 7.05. The van der Waals surface area contributed by atoms with Crippen molar-refractivity contribution in [2.75, 3.05) is 19.6 Å². The van der Waals surface area contributed by atoms with Crippen molar-refractivity contribution in [3.05, 3.63) is 0 Å². The number of hydrogen-bond acceptors (Lipinski definition) is 2. The van der Waals surface area contributed by atoms with Gasteiger partial charge in [-0.2, -0.15) is 0 Å². The summed E-state index contributed by atoms with van der Waals surface area (Å²) in [6.07, 6.45) is 2.49. The summed E-state index contributed by atoms with van der Waals surface area (Å²) < 4.78 is 0. The molecular formula is C8H16N2O. The van der Waals surface area contributed by atoms with Crippen molar-refractivity contribution in [3.8, 4) is 0 Å². The van der Waals surface area contributed by atoms with Gasteiger partial charge in [-0.25, -0.2) is 0 Å². The first kappa shape index (κ1) is 8.53. The number of nitrogens with zero attached hydrogens (tertiary/aromatic N) is 1. The summed E-state index contributed by atoms with van der Waals surface area (Å²) in [5.74, 6) is 0.516. The zero-order valence-corrected chi connectivity index (χ0v) is 7.05. The Balaban J connectivity index is 2.28. The smallest absolute Gasteiger partial charge is 0.231 e. The molecule has 3 nitrogen and oxygen atoms in total. The van der Waals surface area contributed by atoms with E-state index < -0.39 is 0 Å². The molecule has 64 valence electrons. The van der Waals surface area contributed by atoms with Gasteiger partial charge in [0.2, 0.25) is 5.91 Å². The van der Waals surface area contributed by atoms with Crippen LogP contribution in [0, 0.1) is 5.92 Å². The maximum atomic E-state index is 10.6. The normalized spacial score (nSPS) is 26.8. The molecule has 0 aromatic carbocycles. The molecule has 0 aromatic heterocycles. The number of rotatable bonds is 2. The molecule has 3 heteroatoms. The summed E-state index contributed by atoms with van der Waals surface area (Å²) in [6, 6.07) is 0. The van der Waals surface area contributed by atoms with Gasteiger partial charge >= 0.3 is 0 Å². The number of amides is 1. The highest BCUT2D eigenvalue weighted by Crippen LogP contribution is 2.14. The molecule has 0 spiro atoms. The number of hydrogen-bond donors (Lipinski definition) is 1. The topological polar surface area (TPSA) is 46.3 Å². The standard InChI is InChI=1S/C8H16N2O/c1-7-3-2-4-10(5-7)6-8(9)11/h7H,2-6H2,1H3,(H2,9,11)/t7-/m0/s1. The van der Waals surface area contributed by atoms with E-state index in [0.29, 0.717) is 6.54 Å². The quantitative estimate of drug-likeness (QED) is 0.621. The van der Waals surface area contributed by atoms with E-state index in [1.54, 1.807) is 0 Å². The molecule has 1 aliphatic rings. The average Bonchev–Trinajstić information content (AvgIpc) is 1.85. The monoisotopic (exact) mass is 156 g/mol. The highest BCUT2D eigenvalue weighted by atomic mass is 16.1. The third kappa shape index (κ3) is 2.89. The van der Waals surface area contributed by atoms with Crippen molar-refractivity contribution in [3.63, 3.8) is 0 Å². The first-order chi connectivity index (χ1) is 5.18. The van der Waals surface area contributed by atoms with E-state index >= 15 is 0 Å². The molecule has 0 bridgehead atoms. The van der Waals surface area contributed by atoms with E-state index in [9.17, 15) is 4.79 Å². The van der Waals surface area contributed by atoms with Gasteiger partial charge in [0, 0.05) is 6.54 Å². The van der Waals surface area contributed by atoms with Crippen molar-refractivity contribution in [1.29, 1.82) is 0 Å². The van der Waals surface area contributed by atoms with E-state index in [1.165, 1.54) is 12.8 Å². The van der Waals surface area contributed by atoms with E-state index in [4.69, 9.17) is 5.73 Å². The van der Waals surface area contributed by atoms with Crippen LogP contribution in [0.1, 0.15) is 19.8 Å². The van der Waals surface area contributed by atoms with E-state index in [2.05, 4.69) is 11.8 Å². The number of carbonyl (C=O) groups is 1. The fourth-order valence-corrected chi connectivity index (χ4v) is 1.65. The molecular weight excluding hydrogens is 140 g/mol. The van der Waals surface area contributed by atoms with Crippen LogP contribution < -0.4 is 5.73 Å². The van der Waals surface area contributed by atoms with Crippen molar-refractivity contribution in [2.24, 2.45) is 11.7 Å². The summed E-state index contributed by atoms with van der Waals surface area (Å²) in [5.41, 5.74) is 5.09. The van der Waals surface area contributed by atoms with Crippen LogP contribution in [-0.4, -0.2) is 30.4 Å². The lowest BCUT2D eigenvalue weighted by atomic mass is 10.0. The first-order valence-electron chi connectivity index (χ1n) is 4.19. The van der Waals surface area contributed by atoms with Crippen LogP contribution >= 0.6 is 0 Å². The lowest BCUT2D eigenvalue weighted by Gasteiger charge is -2.29. The molecule has 1 rings (SSSR count). The molecule has 1 fully saturated rings. The summed E-state index contributed by atoms with van der Waals surface area (Å²) in [5, 5.41) is 0. The molecule has 1 heterocycles. The van der Waals surface area contributed by atoms with Crippen molar-refractivity contribution in [1.82, 2.24) is 4.90 Å². The Hall–Kier alpha value is -0.570. The minimum Gasteiger partial charge on any atom is -0.369 e. The molecule has 0 saturated carbocycles. The van der Waals surface area contributed by atoms with Gasteiger partial charge in [0.15, 0.2) is 0 Å². The fourth-order valence-electron chi connectivity index (χ4n) is 1.65. The van der Waals surface area contributed by atoms with Gasteiger partial charge in [0.25, 0.3) is 0 Å². The highest BCUT2D eigenvalue weighted by Gasteiger charge is 2.16. The van der Waals surface area contributed by atoms with Gasteiger partial charge in [0.05, 0.1) is 6.54 Å². The van der Waals surface area contributed by atoms with Crippen LogP contribution in [0.5, 0.6) is 0 Å². The number of piperidine rings is 1. The molecule has 0 unspecified atom stereocenters.